The third kappa shape index (κ3) is 5.28. The molecule has 0 heterocycles. The Hall–Kier alpha value is -1.15. The first-order valence-electron chi connectivity index (χ1n) is 6.66. The van der Waals surface area contributed by atoms with Crippen molar-refractivity contribution in [3.8, 4) is 5.75 Å². The van der Waals surface area contributed by atoms with E-state index in [0.717, 1.165) is 5.56 Å². The third-order valence-electron chi connectivity index (χ3n) is 2.79. The number of rotatable bonds is 8. The molecule has 2 N–H and O–H groups in total. The Morgan fingerprint density at radius 3 is 2.62 bits per heavy atom. The number of aryl methyl sites for hydroxylation is 1. The molecule has 0 saturated heterocycles. The lowest BCUT2D eigenvalue weighted by atomic mass is 10.1. The molecule has 120 valence electrons. The molecule has 21 heavy (non-hydrogen) atoms. The second kappa shape index (κ2) is 7.22. The summed E-state index contributed by atoms with van der Waals surface area (Å²) < 4.78 is 37.4. The van der Waals surface area contributed by atoms with Gasteiger partial charge >= 0.3 is 0 Å². The van der Waals surface area contributed by atoms with E-state index in [-0.39, 0.29) is 18.0 Å². The fourth-order valence-electron chi connectivity index (χ4n) is 1.79. The predicted octanol–water partition coefficient (Wildman–Crippen LogP) is 1.07. The van der Waals surface area contributed by atoms with Gasteiger partial charge in [-0.25, -0.2) is 13.1 Å². The van der Waals surface area contributed by atoms with E-state index < -0.39 is 15.6 Å². The maximum atomic E-state index is 12.4. The van der Waals surface area contributed by atoms with Gasteiger partial charge in [-0.05, 0) is 38.5 Å². The summed E-state index contributed by atoms with van der Waals surface area (Å²) in [5.74, 6) is 0.294. The number of aliphatic hydroxyl groups is 1. The van der Waals surface area contributed by atoms with Gasteiger partial charge in [-0.15, -0.1) is 0 Å². The van der Waals surface area contributed by atoms with Crippen LogP contribution in [0, 0.1) is 6.92 Å². The van der Waals surface area contributed by atoms with Gasteiger partial charge in [0.25, 0.3) is 0 Å². The molecule has 0 bridgehead atoms. The van der Waals surface area contributed by atoms with E-state index in [1.54, 1.807) is 32.0 Å². The molecule has 1 atom stereocenters. The summed E-state index contributed by atoms with van der Waals surface area (Å²) in [7, 11) is -2.34. The maximum Gasteiger partial charge on any atom is 0.244 e. The van der Waals surface area contributed by atoms with Crippen molar-refractivity contribution in [2.45, 2.75) is 31.3 Å². The van der Waals surface area contributed by atoms with Crippen molar-refractivity contribution in [1.82, 2.24) is 4.72 Å². The molecule has 6 nitrogen and oxygen atoms in total. The molecule has 0 amide bonds. The van der Waals surface area contributed by atoms with E-state index >= 15 is 0 Å². The van der Waals surface area contributed by atoms with E-state index in [1.807, 2.05) is 0 Å². The number of benzene rings is 1. The van der Waals surface area contributed by atoms with E-state index in [0.29, 0.717) is 12.4 Å². The number of methoxy groups -OCH3 is 1. The molecule has 7 heteroatoms. The first-order valence-corrected chi connectivity index (χ1v) is 8.14. The van der Waals surface area contributed by atoms with Crippen LogP contribution in [-0.2, 0) is 14.8 Å². The Kier molecular flexibility index (Phi) is 6.15. The first kappa shape index (κ1) is 17.9. The third-order valence-corrected chi connectivity index (χ3v) is 4.21. The van der Waals surface area contributed by atoms with Crippen molar-refractivity contribution in [2.24, 2.45) is 0 Å². The van der Waals surface area contributed by atoms with Crippen LogP contribution in [0.25, 0.3) is 0 Å². The van der Waals surface area contributed by atoms with Crippen molar-refractivity contribution >= 4 is 10.0 Å². The van der Waals surface area contributed by atoms with Crippen LogP contribution in [0.5, 0.6) is 5.75 Å². The fourth-order valence-corrected chi connectivity index (χ4v) is 3.18. The van der Waals surface area contributed by atoms with Gasteiger partial charge in [0, 0.05) is 13.7 Å². The molecule has 0 aliphatic carbocycles. The summed E-state index contributed by atoms with van der Waals surface area (Å²) in [6, 6.07) is 4.95. The van der Waals surface area contributed by atoms with E-state index in [1.165, 1.54) is 14.0 Å². The number of nitrogens with one attached hydrogen (secondary N) is 1. The van der Waals surface area contributed by atoms with Gasteiger partial charge in [0.15, 0.2) is 0 Å². The van der Waals surface area contributed by atoms with Crippen molar-refractivity contribution in [3.05, 3.63) is 23.8 Å². The topological polar surface area (TPSA) is 84.9 Å². The van der Waals surface area contributed by atoms with Gasteiger partial charge in [0.2, 0.25) is 10.0 Å². The summed E-state index contributed by atoms with van der Waals surface area (Å²) in [4.78, 5) is 0.0672. The summed E-state index contributed by atoms with van der Waals surface area (Å²) >= 11 is 0. The van der Waals surface area contributed by atoms with Crippen molar-refractivity contribution in [2.75, 3.05) is 26.9 Å². The maximum absolute atomic E-state index is 12.4. The standard InChI is InChI=1S/C14H23NO5S/c1-5-20-12-7-6-11(2)8-13(12)21(17,18)15-9-14(3,16)10-19-4/h6-8,15-16H,5,9-10H2,1-4H3. The van der Waals surface area contributed by atoms with Crippen molar-refractivity contribution in [1.29, 1.82) is 0 Å². The van der Waals surface area contributed by atoms with Crippen LogP contribution in [0.4, 0.5) is 0 Å². The van der Waals surface area contributed by atoms with Gasteiger partial charge in [-0.2, -0.15) is 0 Å². The predicted molar refractivity (Wildman–Crippen MR) is 80.0 cm³/mol. The smallest absolute Gasteiger partial charge is 0.244 e. The largest absolute Gasteiger partial charge is 0.492 e. The lowest BCUT2D eigenvalue weighted by Gasteiger charge is -2.23. The molecule has 0 aliphatic heterocycles. The van der Waals surface area contributed by atoms with Gasteiger partial charge in [-0.3, -0.25) is 0 Å². The highest BCUT2D eigenvalue weighted by molar-refractivity contribution is 7.89. The van der Waals surface area contributed by atoms with Crippen LogP contribution < -0.4 is 9.46 Å². The zero-order valence-corrected chi connectivity index (χ0v) is 13.7. The highest BCUT2D eigenvalue weighted by Crippen LogP contribution is 2.25. The van der Waals surface area contributed by atoms with Crippen LogP contribution in [0.1, 0.15) is 19.4 Å². The van der Waals surface area contributed by atoms with Crippen LogP contribution in [0.15, 0.2) is 23.1 Å². The summed E-state index contributed by atoms with van der Waals surface area (Å²) in [5.41, 5.74) is -0.472. The molecule has 1 aromatic carbocycles. The van der Waals surface area contributed by atoms with Crippen LogP contribution in [0.3, 0.4) is 0 Å². The zero-order chi connectivity index (χ0) is 16.1. The Morgan fingerprint density at radius 1 is 1.38 bits per heavy atom. The van der Waals surface area contributed by atoms with Crippen LogP contribution in [0.2, 0.25) is 0 Å². The highest BCUT2D eigenvalue weighted by atomic mass is 32.2. The lowest BCUT2D eigenvalue weighted by molar-refractivity contribution is -0.0120. The summed E-state index contributed by atoms with van der Waals surface area (Å²) in [6.07, 6.45) is 0. The van der Waals surface area contributed by atoms with Gasteiger partial charge in [0.05, 0.1) is 18.8 Å². The molecule has 0 fully saturated rings. The van der Waals surface area contributed by atoms with Gasteiger partial charge < -0.3 is 14.6 Å². The lowest BCUT2D eigenvalue weighted by Crippen LogP contribution is -2.43. The highest BCUT2D eigenvalue weighted by Gasteiger charge is 2.26. The zero-order valence-electron chi connectivity index (χ0n) is 12.8. The second-order valence-corrected chi connectivity index (χ2v) is 6.87. The Bertz CT molecular complexity index is 569. The normalized spacial score (nSPS) is 14.7. The van der Waals surface area contributed by atoms with Gasteiger partial charge in [-0.1, -0.05) is 6.07 Å². The fraction of sp³-hybridized carbons (Fsp3) is 0.571. The SMILES string of the molecule is CCOc1ccc(C)cc1S(=O)(=O)NCC(C)(O)COC. The minimum Gasteiger partial charge on any atom is -0.492 e. The Balaban J connectivity index is 3.00. The quantitative estimate of drug-likeness (QED) is 0.749. The van der Waals surface area contributed by atoms with Crippen molar-refractivity contribution < 1.29 is 23.0 Å². The molecular weight excluding hydrogens is 294 g/mol. The molecule has 1 aromatic rings. The monoisotopic (exact) mass is 317 g/mol. The van der Waals surface area contributed by atoms with E-state index in [4.69, 9.17) is 9.47 Å². The molecule has 0 aromatic heterocycles. The average molecular weight is 317 g/mol. The van der Waals surface area contributed by atoms with Crippen molar-refractivity contribution in [3.63, 3.8) is 0 Å². The molecule has 0 radical (unpaired) electrons. The molecule has 1 unspecified atom stereocenters. The second-order valence-electron chi connectivity index (χ2n) is 5.14. The Labute approximate surface area is 126 Å². The van der Waals surface area contributed by atoms with E-state index in [2.05, 4.69) is 4.72 Å². The molecule has 0 saturated carbocycles. The minimum atomic E-state index is -3.78. The first-order chi connectivity index (χ1) is 9.72. The number of ether oxygens (including phenoxy) is 2. The minimum absolute atomic E-state index is 0.0294. The molecule has 0 aliphatic rings. The van der Waals surface area contributed by atoms with Crippen LogP contribution in [-0.4, -0.2) is 46.0 Å². The van der Waals surface area contributed by atoms with E-state index in [9.17, 15) is 13.5 Å². The molecule has 0 spiro atoms. The number of sulfonamides is 1. The van der Waals surface area contributed by atoms with Crippen LogP contribution >= 0.6 is 0 Å². The summed E-state index contributed by atoms with van der Waals surface area (Å²) in [5, 5.41) is 9.97. The summed E-state index contributed by atoms with van der Waals surface area (Å²) in [6.45, 7) is 5.33. The Morgan fingerprint density at radius 2 is 2.05 bits per heavy atom. The molecule has 1 rings (SSSR count). The number of hydrogen-bond acceptors (Lipinski definition) is 5. The molecular formula is C14H23NO5S. The van der Waals surface area contributed by atoms with Gasteiger partial charge in [0.1, 0.15) is 10.6 Å². The number of hydrogen-bond donors (Lipinski definition) is 2. The average Bonchev–Trinajstić information content (AvgIpc) is 2.39.